The summed E-state index contributed by atoms with van der Waals surface area (Å²) < 4.78 is 0. The lowest BCUT2D eigenvalue weighted by molar-refractivity contribution is 1.14. The van der Waals surface area contributed by atoms with Gasteiger partial charge in [0.2, 0.25) is 0 Å². The summed E-state index contributed by atoms with van der Waals surface area (Å²) in [6.07, 6.45) is 2.55. The summed E-state index contributed by atoms with van der Waals surface area (Å²) in [6.45, 7) is 9.08. The fraction of sp³-hybridized carbons (Fsp3) is 0.250. The van der Waals surface area contributed by atoms with Crippen LogP contribution in [0.4, 0.5) is 0 Å². The van der Waals surface area contributed by atoms with E-state index in [1.54, 1.807) is 6.08 Å². The highest BCUT2D eigenvalue weighted by Gasteiger charge is 1.95. The molecule has 0 N–H and O–H groups in total. The van der Waals surface area contributed by atoms with Crippen molar-refractivity contribution in [3.8, 4) is 0 Å². The summed E-state index contributed by atoms with van der Waals surface area (Å²) in [7, 11) is 0. The molecule has 0 fully saturated rings. The van der Waals surface area contributed by atoms with Crippen LogP contribution in [0.2, 0.25) is 0 Å². The first-order chi connectivity index (χ1) is 4.57. The fourth-order valence-electron chi connectivity index (χ4n) is 0.561. The third-order valence-corrected chi connectivity index (χ3v) is 1.41. The number of hydrogen-bond donors (Lipinski definition) is 0. The van der Waals surface area contributed by atoms with Crippen LogP contribution in [0.5, 0.6) is 0 Å². The van der Waals surface area contributed by atoms with Crippen molar-refractivity contribution in [2.45, 2.75) is 13.3 Å². The SMILES string of the molecule is C=C(Cl)/C=C(/CC)C(=C)Cl. The topological polar surface area (TPSA) is 0 Å². The quantitative estimate of drug-likeness (QED) is 0.574. The second-order valence-electron chi connectivity index (χ2n) is 1.87. The molecule has 0 amide bonds. The van der Waals surface area contributed by atoms with Crippen molar-refractivity contribution in [2.75, 3.05) is 0 Å². The van der Waals surface area contributed by atoms with E-state index < -0.39 is 0 Å². The van der Waals surface area contributed by atoms with E-state index in [1.165, 1.54) is 0 Å². The average Bonchev–Trinajstić information content (AvgIpc) is 1.81. The Balaban J connectivity index is 4.34. The van der Waals surface area contributed by atoms with Gasteiger partial charge in [-0.25, -0.2) is 0 Å². The van der Waals surface area contributed by atoms with Crippen LogP contribution < -0.4 is 0 Å². The van der Waals surface area contributed by atoms with Crippen LogP contribution in [0, 0.1) is 0 Å². The third kappa shape index (κ3) is 3.76. The molecule has 0 aliphatic rings. The molecule has 0 rings (SSSR count). The average molecular weight is 177 g/mol. The molecule has 0 atom stereocenters. The van der Waals surface area contributed by atoms with E-state index in [0.717, 1.165) is 12.0 Å². The molecule has 2 heteroatoms. The summed E-state index contributed by atoms with van der Waals surface area (Å²) in [4.78, 5) is 0. The molecule has 0 saturated heterocycles. The summed E-state index contributed by atoms with van der Waals surface area (Å²) >= 11 is 11.2. The van der Waals surface area contributed by atoms with Gasteiger partial charge in [0.15, 0.2) is 0 Å². The van der Waals surface area contributed by atoms with Gasteiger partial charge in [-0.15, -0.1) is 0 Å². The van der Waals surface area contributed by atoms with E-state index in [0.29, 0.717) is 10.1 Å². The van der Waals surface area contributed by atoms with Gasteiger partial charge in [0.05, 0.1) is 0 Å². The summed E-state index contributed by atoms with van der Waals surface area (Å²) in [6, 6.07) is 0. The highest BCUT2D eigenvalue weighted by molar-refractivity contribution is 6.33. The molecule has 0 heterocycles. The first-order valence-corrected chi connectivity index (χ1v) is 3.73. The Morgan fingerprint density at radius 2 is 1.90 bits per heavy atom. The van der Waals surface area contributed by atoms with Gasteiger partial charge in [-0.2, -0.15) is 0 Å². The maximum absolute atomic E-state index is 5.63. The molecule has 0 bridgehead atoms. The molecule has 0 saturated carbocycles. The standard InChI is InChI=1S/C8H10Cl2/c1-4-8(7(3)10)5-6(2)9/h5H,2-4H2,1H3/b8-5-. The highest BCUT2D eigenvalue weighted by Crippen LogP contribution is 2.18. The molecule has 0 nitrogen and oxygen atoms in total. The van der Waals surface area contributed by atoms with Crippen molar-refractivity contribution in [2.24, 2.45) is 0 Å². The smallest absolute Gasteiger partial charge is 0.0366 e. The zero-order chi connectivity index (χ0) is 8.15. The van der Waals surface area contributed by atoms with Gasteiger partial charge in [-0.3, -0.25) is 0 Å². The Bertz CT molecular complexity index is 178. The minimum atomic E-state index is 0.485. The molecular formula is C8H10Cl2. The first-order valence-electron chi connectivity index (χ1n) is 2.97. The van der Waals surface area contributed by atoms with Crippen LogP contribution in [0.25, 0.3) is 0 Å². The molecule has 0 aliphatic heterocycles. The van der Waals surface area contributed by atoms with Crippen molar-refractivity contribution in [1.29, 1.82) is 0 Å². The fourth-order valence-corrected chi connectivity index (χ4v) is 0.881. The third-order valence-electron chi connectivity index (χ3n) is 1.06. The van der Waals surface area contributed by atoms with E-state index in [2.05, 4.69) is 13.2 Å². The molecule has 0 radical (unpaired) electrons. The van der Waals surface area contributed by atoms with Gasteiger partial charge in [0.25, 0.3) is 0 Å². The summed E-state index contributed by atoms with van der Waals surface area (Å²) in [5.74, 6) is 0. The van der Waals surface area contributed by atoms with Crippen LogP contribution in [-0.2, 0) is 0 Å². The number of rotatable bonds is 3. The lowest BCUT2D eigenvalue weighted by Gasteiger charge is -1.98. The van der Waals surface area contributed by atoms with Gasteiger partial charge in [0.1, 0.15) is 0 Å². The van der Waals surface area contributed by atoms with E-state index in [4.69, 9.17) is 23.2 Å². The van der Waals surface area contributed by atoms with E-state index in [1.807, 2.05) is 6.92 Å². The molecular weight excluding hydrogens is 167 g/mol. The van der Waals surface area contributed by atoms with Crippen molar-refractivity contribution in [3.05, 3.63) is 34.9 Å². The summed E-state index contributed by atoms with van der Waals surface area (Å²) in [5.41, 5.74) is 0.932. The largest absolute Gasteiger partial charge is 0.0850 e. The van der Waals surface area contributed by atoms with E-state index in [9.17, 15) is 0 Å². The Labute approximate surface area is 71.8 Å². The van der Waals surface area contributed by atoms with Gasteiger partial charge >= 0.3 is 0 Å². The lowest BCUT2D eigenvalue weighted by Crippen LogP contribution is -1.78. The van der Waals surface area contributed by atoms with Crippen molar-refractivity contribution in [3.63, 3.8) is 0 Å². The Morgan fingerprint density at radius 3 is 2.00 bits per heavy atom. The molecule has 56 valence electrons. The minimum Gasteiger partial charge on any atom is -0.0850 e. The maximum Gasteiger partial charge on any atom is 0.0366 e. The van der Waals surface area contributed by atoms with Gasteiger partial charge < -0.3 is 0 Å². The Morgan fingerprint density at radius 1 is 1.40 bits per heavy atom. The summed E-state index contributed by atoms with van der Waals surface area (Å²) in [5, 5.41) is 1.02. The van der Waals surface area contributed by atoms with E-state index >= 15 is 0 Å². The molecule has 0 aromatic heterocycles. The monoisotopic (exact) mass is 176 g/mol. The molecule has 0 unspecified atom stereocenters. The van der Waals surface area contributed by atoms with Crippen LogP contribution in [0.15, 0.2) is 34.9 Å². The van der Waals surface area contributed by atoms with Crippen LogP contribution in [0.3, 0.4) is 0 Å². The van der Waals surface area contributed by atoms with E-state index in [-0.39, 0.29) is 0 Å². The minimum absolute atomic E-state index is 0.485. The molecule has 0 spiro atoms. The van der Waals surface area contributed by atoms with Crippen LogP contribution in [-0.4, -0.2) is 0 Å². The molecule has 0 aliphatic carbocycles. The normalized spacial score (nSPS) is 11.3. The predicted octanol–water partition coefficient (Wildman–Crippen LogP) is 3.83. The van der Waals surface area contributed by atoms with Crippen LogP contribution in [0.1, 0.15) is 13.3 Å². The van der Waals surface area contributed by atoms with Gasteiger partial charge in [0, 0.05) is 10.1 Å². The maximum atomic E-state index is 5.63. The highest BCUT2D eigenvalue weighted by atomic mass is 35.5. The van der Waals surface area contributed by atoms with Crippen LogP contribution >= 0.6 is 23.2 Å². The van der Waals surface area contributed by atoms with Gasteiger partial charge in [-0.05, 0) is 18.1 Å². The zero-order valence-corrected chi connectivity index (χ0v) is 7.47. The molecule has 10 heavy (non-hydrogen) atoms. The number of halogens is 2. The lowest BCUT2D eigenvalue weighted by atomic mass is 10.2. The van der Waals surface area contributed by atoms with Gasteiger partial charge in [-0.1, -0.05) is 43.3 Å². The second kappa shape index (κ2) is 4.59. The van der Waals surface area contributed by atoms with Crippen molar-refractivity contribution in [1.82, 2.24) is 0 Å². The first kappa shape index (κ1) is 9.80. The molecule has 0 aromatic carbocycles. The Kier molecular flexibility index (Phi) is 4.50. The van der Waals surface area contributed by atoms with Crippen molar-refractivity contribution >= 4 is 23.2 Å². The second-order valence-corrected chi connectivity index (χ2v) is 2.82. The van der Waals surface area contributed by atoms with Crippen molar-refractivity contribution < 1.29 is 0 Å². The number of hydrogen-bond acceptors (Lipinski definition) is 0. The molecule has 0 aromatic rings. The Hall–Kier alpha value is -0.200. The number of allylic oxidation sites excluding steroid dienone is 4. The zero-order valence-electron chi connectivity index (χ0n) is 5.95. The predicted molar refractivity (Wildman–Crippen MR) is 48.4 cm³/mol.